The normalized spacial score (nSPS) is 15.3. The van der Waals surface area contributed by atoms with Crippen molar-refractivity contribution in [3.05, 3.63) is 29.2 Å². The first-order valence-corrected chi connectivity index (χ1v) is 8.47. The highest BCUT2D eigenvalue weighted by molar-refractivity contribution is 7.89. The summed E-state index contributed by atoms with van der Waals surface area (Å²) in [5.74, 6) is 0.0512. The van der Waals surface area contributed by atoms with E-state index in [1.54, 1.807) is 12.1 Å². The van der Waals surface area contributed by atoms with Crippen LogP contribution in [0.3, 0.4) is 0 Å². The van der Waals surface area contributed by atoms with Crippen LogP contribution in [0.2, 0.25) is 0 Å². The number of nitroso groups, excluding NO2 is 1. The highest BCUT2D eigenvalue weighted by atomic mass is 32.2. The van der Waals surface area contributed by atoms with Gasteiger partial charge in [-0.1, -0.05) is 0 Å². The SMILES string of the molecule is CON[N+](=O)CC(=O)N1CCN(S(=O)(=O)c2ccc(OC)cc2)C1. The van der Waals surface area contributed by atoms with Gasteiger partial charge in [0.2, 0.25) is 10.0 Å². The van der Waals surface area contributed by atoms with Crippen LogP contribution in [0.1, 0.15) is 0 Å². The molecule has 10 nitrogen and oxygen atoms in total. The highest BCUT2D eigenvalue weighted by Gasteiger charge is 2.35. The molecule has 1 heterocycles. The number of benzene rings is 1. The molecule has 2 rings (SSSR count). The molecule has 1 amide bonds. The van der Waals surface area contributed by atoms with Gasteiger partial charge in [-0.25, -0.2) is 13.3 Å². The third-order valence-corrected chi connectivity index (χ3v) is 5.32. The van der Waals surface area contributed by atoms with E-state index in [1.165, 1.54) is 35.6 Å². The molecule has 11 heteroatoms. The molecular weight excluding hydrogens is 340 g/mol. The number of sulfonamides is 1. The van der Waals surface area contributed by atoms with Crippen LogP contribution >= 0.6 is 0 Å². The summed E-state index contributed by atoms with van der Waals surface area (Å²) in [6, 6.07) is 6.00. The number of amides is 1. The fraction of sp³-hybridized carbons (Fsp3) is 0.462. The van der Waals surface area contributed by atoms with E-state index < -0.39 is 22.5 Å². The van der Waals surface area contributed by atoms with Crippen LogP contribution in [0, 0.1) is 4.91 Å². The van der Waals surface area contributed by atoms with Crippen molar-refractivity contribution < 1.29 is 27.7 Å². The maximum absolute atomic E-state index is 12.6. The molecule has 0 spiro atoms. The summed E-state index contributed by atoms with van der Waals surface area (Å²) in [6.07, 6.45) is 0. The lowest BCUT2D eigenvalue weighted by Crippen LogP contribution is -2.40. The summed E-state index contributed by atoms with van der Waals surface area (Å²) >= 11 is 0. The van der Waals surface area contributed by atoms with Crippen LogP contribution in [0.15, 0.2) is 29.2 Å². The van der Waals surface area contributed by atoms with Crippen molar-refractivity contribution in [3.63, 3.8) is 0 Å². The van der Waals surface area contributed by atoms with E-state index in [9.17, 15) is 18.1 Å². The van der Waals surface area contributed by atoms with Gasteiger partial charge in [-0.2, -0.15) is 4.31 Å². The van der Waals surface area contributed by atoms with Crippen LogP contribution < -0.4 is 10.3 Å². The van der Waals surface area contributed by atoms with Crippen molar-refractivity contribution in [1.82, 2.24) is 14.8 Å². The zero-order chi connectivity index (χ0) is 17.7. The molecule has 1 saturated heterocycles. The molecule has 1 aliphatic rings. The lowest BCUT2D eigenvalue weighted by atomic mass is 10.3. The lowest BCUT2D eigenvalue weighted by molar-refractivity contribution is -0.649. The fourth-order valence-corrected chi connectivity index (χ4v) is 3.61. The average Bonchev–Trinajstić information content (AvgIpc) is 3.06. The molecule has 0 atom stereocenters. The Morgan fingerprint density at radius 1 is 1.25 bits per heavy atom. The van der Waals surface area contributed by atoms with E-state index in [4.69, 9.17) is 4.74 Å². The monoisotopic (exact) mass is 359 g/mol. The Balaban J connectivity index is 2.03. The van der Waals surface area contributed by atoms with Gasteiger partial charge in [-0.15, -0.1) is 0 Å². The summed E-state index contributed by atoms with van der Waals surface area (Å²) < 4.78 is 31.3. The number of carbonyl (C=O) groups excluding carboxylic acids is 1. The number of ether oxygens (including phenoxy) is 1. The van der Waals surface area contributed by atoms with Crippen molar-refractivity contribution in [2.75, 3.05) is 40.5 Å². The first kappa shape index (κ1) is 18.1. The molecule has 0 unspecified atom stereocenters. The molecule has 1 fully saturated rings. The van der Waals surface area contributed by atoms with Crippen LogP contribution in [-0.2, 0) is 19.7 Å². The molecule has 0 aliphatic carbocycles. The summed E-state index contributed by atoms with van der Waals surface area (Å²) in [5.41, 5.74) is 1.96. The second kappa shape index (κ2) is 7.55. The van der Waals surface area contributed by atoms with E-state index in [0.717, 1.165) is 0 Å². The molecule has 0 bridgehead atoms. The van der Waals surface area contributed by atoms with Crippen molar-refractivity contribution >= 4 is 15.9 Å². The Bertz CT molecular complexity index is 706. The van der Waals surface area contributed by atoms with E-state index in [1.807, 2.05) is 5.59 Å². The molecule has 0 saturated carbocycles. The number of hydrogen-bond donors (Lipinski definition) is 1. The summed E-state index contributed by atoms with van der Waals surface area (Å²) in [5, 5.41) is 0. The maximum atomic E-state index is 12.6. The van der Waals surface area contributed by atoms with Gasteiger partial charge >= 0.3 is 6.54 Å². The standard InChI is InChI=1S/C13H19N4O6S/c1-22-11-3-5-12(6-4-11)24(20,21)16-8-7-15(10-16)13(18)9-17(19)14-23-2/h3-6H,7-10H2,1-2H3,(H,14,19)/q+1. The Morgan fingerprint density at radius 2 is 1.92 bits per heavy atom. The number of hydrazine groups is 1. The van der Waals surface area contributed by atoms with E-state index in [0.29, 0.717) is 5.75 Å². The number of nitrogens with one attached hydrogen (secondary N) is 1. The number of carbonyl (C=O) groups is 1. The van der Waals surface area contributed by atoms with E-state index in [-0.39, 0.29) is 29.5 Å². The second-order valence-corrected chi connectivity index (χ2v) is 6.92. The van der Waals surface area contributed by atoms with Crippen LogP contribution in [0.4, 0.5) is 0 Å². The largest absolute Gasteiger partial charge is 0.497 e. The Labute approximate surface area is 139 Å². The maximum Gasteiger partial charge on any atom is 0.304 e. The predicted octanol–water partition coefficient (Wildman–Crippen LogP) is -0.669. The third-order valence-electron chi connectivity index (χ3n) is 3.47. The van der Waals surface area contributed by atoms with Crippen molar-refractivity contribution in [1.29, 1.82) is 0 Å². The molecule has 132 valence electrons. The molecule has 0 radical (unpaired) electrons. The number of rotatable bonds is 7. The molecule has 1 aromatic carbocycles. The van der Waals surface area contributed by atoms with Crippen LogP contribution in [0.25, 0.3) is 0 Å². The molecule has 1 aromatic rings. The lowest BCUT2D eigenvalue weighted by Gasteiger charge is -2.17. The fourth-order valence-electron chi connectivity index (χ4n) is 2.22. The van der Waals surface area contributed by atoms with Gasteiger partial charge < -0.3 is 9.64 Å². The van der Waals surface area contributed by atoms with Crippen molar-refractivity contribution in [2.24, 2.45) is 0 Å². The minimum absolute atomic E-state index is 0.103. The summed E-state index contributed by atoms with van der Waals surface area (Å²) in [7, 11) is -0.981. The van der Waals surface area contributed by atoms with Crippen LogP contribution in [0.5, 0.6) is 5.75 Å². The van der Waals surface area contributed by atoms with Gasteiger partial charge in [0.15, 0.2) is 4.87 Å². The Hall–Kier alpha value is -2.24. The topological polar surface area (TPSA) is 108 Å². The molecular formula is C13H19N4O6S+. The van der Waals surface area contributed by atoms with Crippen LogP contribution in [-0.4, -0.2) is 68.9 Å². The van der Waals surface area contributed by atoms with Gasteiger partial charge in [0.25, 0.3) is 5.91 Å². The Kier molecular flexibility index (Phi) is 5.70. The number of methoxy groups -OCH3 is 1. The molecule has 0 aromatic heterocycles. The highest BCUT2D eigenvalue weighted by Crippen LogP contribution is 2.21. The zero-order valence-electron chi connectivity index (χ0n) is 13.3. The Morgan fingerprint density at radius 3 is 2.50 bits per heavy atom. The zero-order valence-corrected chi connectivity index (χ0v) is 14.2. The summed E-state index contributed by atoms with van der Waals surface area (Å²) in [6.45, 7) is -0.204. The average molecular weight is 359 g/mol. The minimum atomic E-state index is -3.72. The van der Waals surface area contributed by atoms with E-state index >= 15 is 0 Å². The molecule has 1 aliphatic heterocycles. The van der Waals surface area contributed by atoms with Crippen molar-refractivity contribution in [3.8, 4) is 5.75 Å². The third kappa shape index (κ3) is 3.99. The molecule has 24 heavy (non-hydrogen) atoms. The van der Waals surface area contributed by atoms with E-state index in [2.05, 4.69) is 4.84 Å². The van der Waals surface area contributed by atoms with Gasteiger partial charge in [-0.3, -0.25) is 4.79 Å². The van der Waals surface area contributed by atoms with Gasteiger partial charge in [-0.05, 0) is 29.9 Å². The van der Waals surface area contributed by atoms with Gasteiger partial charge in [0.05, 0.1) is 30.7 Å². The smallest absolute Gasteiger partial charge is 0.304 e. The van der Waals surface area contributed by atoms with Gasteiger partial charge in [0.1, 0.15) is 5.75 Å². The predicted molar refractivity (Wildman–Crippen MR) is 82.1 cm³/mol. The van der Waals surface area contributed by atoms with Gasteiger partial charge in [0, 0.05) is 13.1 Å². The van der Waals surface area contributed by atoms with Crippen molar-refractivity contribution in [2.45, 2.75) is 4.90 Å². The second-order valence-electron chi connectivity index (χ2n) is 4.99. The number of hydrogen-bond acceptors (Lipinski definition) is 6. The summed E-state index contributed by atoms with van der Waals surface area (Å²) in [4.78, 5) is 29.3. The molecule has 1 N–H and O–H groups in total. The first-order chi connectivity index (χ1) is 11.4. The quantitative estimate of drug-likeness (QED) is 0.508. The minimum Gasteiger partial charge on any atom is -0.497 e. The first-order valence-electron chi connectivity index (χ1n) is 7.03. The number of nitrogens with zero attached hydrogens (tertiary/aromatic N) is 3.